The van der Waals surface area contributed by atoms with E-state index in [9.17, 15) is 0 Å². The predicted octanol–water partition coefficient (Wildman–Crippen LogP) is 4.04. The highest BCUT2D eigenvalue weighted by atomic mass is 79.9. The SMILES string of the molecule is Nc1c(-c2ccccc2)cc(Br)c(Br)c1N. The van der Waals surface area contributed by atoms with Crippen LogP contribution in [0.1, 0.15) is 0 Å². The molecule has 2 nitrogen and oxygen atoms in total. The van der Waals surface area contributed by atoms with Crippen molar-refractivity contribution in [3.63, 3.8) is 0 Å². The lowest BCUT2D eigenvalue weighted by Crippen LogP contribution is -1.99. The number of rotatable bonds is 1. The third-order valence-electron chi connectivity index (χ3n) is 2.38. The molecular formula is C12H10Br2N2. The number of hydrogen-bond acceptors (Lipinski definition) is 2. The molecule has 82 valence electrons. The maximum atomic E-state index is 6.01. The first kappa shape index (κ1) is 11.5. The van der Waals surface area contributed by atoms with Gasteiger partial charge in [-0.2, -0.15) is 0 Å². The molecule has 0 saturated carbocycles. The largest absolute Gasteiger partial charge is 0.397 e. The van der Waals surface area contributed by atoms with Crippen molar-refractivity contribution in [2.24, 2.45) is 0 Å². The molecule has 2 rings (SSSR count). The highest BCUT2D eigenvalue weighted by Gasteiger charge is 2.11. The molecule has 2 aromatic rings. The van der Waals surface area contributed by atoms with Crippen molar-refractivity contribution < 1.29 is 0 Å². The molecule has 0 fully saturated rings. The van der Waals surface area contributed by atoms with Gasteiger partial charge in [0.1, 0.15) is 0 Å². The van der Waals surface area contributed by atoms with Gasteiger partial charge in [0.05, 0.1) is 15.8 Å². The Balaban J connectivity index is 2.68. The maximum absolute atomic E-state index is 6.01. The molecular weight excluding hydrogens is 332 g/mol. The lowest BCUT2D eigenvalue weighted by atomic mass is 10.0. The average Bonchev–Trinajstić information content (AvgIpc) is 2.32. The van der Waals surface area contributed by atoms with Gasteiger partial charge in [-0.15, -0.1) is 0 Å². The summed E-state index contributed by atoms with van der Waals surface area (Å²) in [6.45, 7) is 0. The van der Waals surface area contributed by atoms with Crippen LogP contribution in [0.2, 0.25) is 0 Å². The van der Waals surface area contributed by atoms with E-state index in [0.717, 1.165) is 20.1 Å². The van der Waals surface area contributed by atoms with E-state index < -0.39 is 0 Å². The minimum absolute atomic E-state index is 0.563. The van der Waals surface area contributed by atoms with E-state index in [1.807, 2.05) is 36.4 Å². The van der Waals surface area contributed by atoms with Crippen molar-refractivity contribution in [3.05, 3.63) is 45.3 Å². The van der Waals surface area contributed by atoms with E-state index in [1.54, 1.807) is 0 Å². The van der Waals surface area contributed by atoms with Crippen LogP contribution in [0.15, 0.2) is 45.3 Å². The Hall–Kier alpha value is -1.00. The second-order valence-corrected chi connectivity index (χ2v) is 5.06. The van der Waals surface area contributed by atoms with Gasteiger partial charge in [0, 0.05) is 10.0 Å². The summed E-state index contributed by atoms with van der Waals surface area (Å²) in [5.74, 6) is 0. The second-order valence-electron chi connectivity index (χ2n) is 3.41. The molecule has 0 aliphatic rings. The van der Waals surface area contributed by atoms with Crippen LogP contribution in [0.3, 0.4) is 0 Å². The molecule has 0 aromatic heterocycles. The molecule has 0 heterocycles. The monoisotopic (exact) mass is 340 g/mol. The van der Waals surface area contributed by atoms with E-state index in [2.05, 4.69) is 31.9 Å². The quantitative estimate of drug-likeness (QED) is 0.769. The summed E-state index contributed by atoms with van der Waals surface area (Å²) in [5, 5.41) is 0. The first-order valence-electron chi connectivity index (χ1n) is 4.69. The maximum Gasteiger partial charge on any atom is 0.0710 e. The zero-order chi connectivity index (χ0) is 11.7. The fourth-order valence-electron chi connectivity index (χ4n) is 1.52. The molecule has 4 heteroatoms. The summed E-state index contributed by atoms with van der Waals surface area (Å²) in [5.41, 5.74) is 15.1. The Morgan fingerprint density at radius 1 is 0.875 bits per heavy atom. The van der Waals surface area contributed by atoms with Crippen LogP contribution in [0.5, 0.6) is 0 Å². The summed E-state index contributed by atoms with van der Waals surface area (Å²) in [4.78, 5) is 0. The van der Waals surface area contributed by atoms with E-state index in [-0.39, 0.29) is 0 Å². The number of nitrogen functional groups attached to an aromatic ring is 2. The molecule has 0 aliphatic carbocycles. The second kappa shape index (κ2) is 4.47. The number of nitrogens with two attached hydrogens (primary N) is 2. The molecule has 16 heavy (non-hydrogen) atoms. The van der Waals surface area contributed by atoms with Gasteiger partial charge in [-0.3, -0.25) is 0 Å². The van der Waals surface area contributed by atoms with Gasteiger partial charge in [0.2, 0.25) is 0 Å². The molecule has 0 unspecified atom stereocenters. The Kier molecular flexibility index (Phi) is 3.21. The van der Waals surface area contributed by atoms with Crippen molar-refractivity contribution in [3.8, 4) is 11.1 Å². The third kappa shape index (κ3) is 1.95. The highest BCUT2D eigenvalue weighted by molar-refractivity contribution is 9.13. The third-order valence-corrected chi connectivity index (χ3v) is 4.39. The Bertz CT molecular complexity index is 524. The smallest absolute Gasteiger partial charge is 0.0710 e. The standard InChI is InChI=1S/C12H10Br2N2/c13-9-6-8(7-4-2-1-3-5-7)11(15)12(16)10(9)14/h1-6H,15-16H2. The lowest BCUT2D eigenvalue weighted by molar-refractivity contribution is 1.54. The zero-order valence-corrected chi connectivity index (χ0v) is 11.5. The van der Waals surface area contributed by atoms with Crippen molar-refractivity contribution in [1.29, 1.82) is 0 Å². The van der Waals surface area contributed by atoms with Crippen molar-refractivity contribution in [1.82, 2.24) is 0 Å². The summed E-state index contributed by atoms with van der Waals surface area (Å²) >= 11 is 6.83. The van der Waals surface area contributed by atoms with Gasteiger partial charge in [-0.1, -0.05) is 30.3 Å². The van der Waals surface area contributed by atoms with Gasteiger partial charge < -0.3 is 11.5 Å². The summed E-state index contributed by atoms with van der Waals surface area (Å²) in [6, 6.07) is 11.9. The van der Waals surface area contributed by atoms with Crippen molar-refractivity contribution >= 4 is 43.2 Å². The van der Waals surface area contributed by atoms with Crippen LogP contribution >= 0.6 is 31.9 Å². The van der Waals surface area contributed by atoms with Gasteiger partial charge in [-0.25, -0.2) is 0 Å². The fraction of sp³-hybridized carbons (Fsp3) is 0. The van der Waals surface area contributed by atoms with Crippen LogP contribution in [-0.2, 0) is 0 Å². The highest BCUT2D eigenvalue weighted by Crippen LogP contribution is 2.40. The number of hydrogen-bond donors (Lipinski definition) is 2. The fourth-order valence-corrected chi connectivity index (χ4v) is 2.29. The summed E-state index contributed by atoms with van der Waals surface area (Å²) in [6.07, 6.45) is 0. The molecule has 0 atom stereocenters. The van der Waals surface area contributed by atoms with Gasteiger partial charge in [0.25, 0.3) is 0 Å². The van der Waals surface area contributed by atoms with Crippen LogP contribution in [0, 0.1) is 0 Å². The minimum Gasteiger partial charge on any atom is -0.397 e. The molecule has 0 saturated heterocycles. The first-order chi connectivity index (χ1) is 7.61. The molecule has 0 bridgehead atoms. The van der Waals surface area contributed by atoms with Crippen LogP contribution in [0.25, 0.3) is 11.1 Å². The average molecular weight is 342 g/mol. The predicted molar refractivity (Wildman–Crippen MR) is 76.1 cm³/mol. The normalized spacial score (nSPS) is 10.4. The molecule has 0 radical (unpaired) electrons. The van der Waals surface area contributed by atoms with Gasteiger partial charge in [-0.05, 0) is 43.5 Å². The zero-order valence-electron chi connectivity index (χ0n) is 8.37. The minimum atomic E-state index is 0.563. The van der Waals surface area contributed by atoms with Gasteiger partial charge >= 0.3 is 0 Å². The number of halogens is 2. The lowest BCUT2D eigenvalue weighted by Gasteiger charge is -2.11. The molecule has 0 spiro atoms. The Morgan fingerprint density at radius 2 is 1.50 bits per heavy atom. The topological polar surface area (TPSA) is 52.0 Å². The molecule has 4 N–H and O–H groups in total. The van der Waals surface area contributed by atoms with E-state index in [0.29, 0.717) is 11.4 Å². The molecule has 2 aromatic carbocycles. The summed E-state index contributed by atoms with van der Waals surface area (Å²) < 4.78 is 1.70. The van der Waals surface area contributed by atoms with Crippen LogP contribution in [-0.4, -0.2) is 0 Å². The Labute approximate surface area is 111 Å². The van der Waals surface area contributed by atoms with Crippen molar-refractivity contribution in [2.45, 2.75) is 0 Å². The van der Waals surface area contributed by atoms with Crippen LogP contribution in [0.4, 0.5) is 11.4 Å². The number of benzene rings is 2. The molecule has 0 amide bonds. The molecule has 0 aliphatic heterocycles. The van der Waals surface area contributed by atoms with Crippen molar-refractivity contribution in [2.75, 3.05) is 11.5 Å². The number of anilines is 2. The van der Waals surface area contributed by atoms with Gasteiger partial charge in [0.15, 0.2) is 0 Å². The first-order valence-corrected chi connectivity index (χ1v) is 6.28. The van der Waals surface area contributed by atoms with E-state index >= 15 is 0 Å². The summed E-state index contributed by atoms with van der Waals surface area (Å²) in [7, 11) is 0. The van der Waals surface area contributed by atoms with E-state index in [1.165, 1.54) is 0 Å². The Morgan fingerprint density at radius 3 is 2.12 bits per heavy atom. The van der Waals surface area contributed by atoms with Crippen LogP contribution < -0.4 is 11.5 Å². The van der Waals surface area contributed by atoms with E-state index in [4.69, 9.17) is 11.5 Å².